The van der Waals surface area contributed by atoms with Gasteiger partial charge in [-0.05, 0) is 6.42 Å². The Morgan fingerprint density at radius 3 is 0.892 bits per heavy atom. The molecule has 0 aromatic heterocycles. The second kappa shape index (κ2) is 28.9. The van der Waals surface area contributed by atoms with E-state index in [9.17, 15) is 13.2 Å². The smallest absolute Gasteiger partial charge is 0.377 e. The van der Waals surface area contributed by atoms with Crippen molar-refractivity contribution in [2.75, 3.05) is 14.2 Å². The Morgan fingerprint density at radius 2 is 0.676 bits per heavy atom. The molecule has 37 heavy (non-hydrogen) atoms. The highest BCUT2D eigenvalue weighted by atomic mass is 28.4. The van der Waals surface area contributed by atoms with Crippen LogP contribution in [0.5, 0.6) is 0 Å². The molecule has 0 fully saturated rings. The zero-order valence-electron chi connectivity index (χ0n) is 25.3. The number of hydrogen-bond donors (Lipinski definition) is 0. The first-order valence-corrected chi connectivity index (χ1v) is 17.6. The third-order valence-corrected chi connectivity index (χ3v) is 9.69. The van der Waals surface area contributed by atoms with Crippen molar-refractivity contribution >= 4 is 8.80 Å². The van der Waals surface area contributed by atoms with Gasteiger partial charge in [-0.15, -0.1) is 13.2 Å². The van der Waals surface area contributed by atoms with Crippen LogP contribution in [0, 0.1) is 0 Å². The summed E-state index contributed by atoms with van der Waals surface area (Å²) in [4.78, 5) is 0. The lowest BCUT2D eigenvalue weighted by molar-refractivity contribution is -0.296. The van der Waals surface area contributed by atoms with Crippen LogP contribution in [0.25, 0.3) is 0 Å². The topological polar surface area (TPSA) is 27.7 Å². The predicted molar refractivity (Wildman–Crippen MR) is 155 cm³/mol. The molecule has 0 aliphatic rings. The summed E-state index contributed by atoms with van der Waals surface area (Å²) < 4.78 is 50.8. The van der Waals surface area contributed by atoms with E-state index in [1.165, 1.54) is 136 Å². The largest absolute Gasteiger partial charge is 0.516 e. The molecule has 0 radical (unpaired) electrons. The molecule has 0 saturated carbocycles. The van der Waals surface area contributed by atoms with Gasteiger partial charge < -0.3 is 8.85 Å². The summed E-state index contributed by atoms with van der Waals surface area (Å²) in [6, 6.07) is 0.203. The molecular weight excluding hydrogens is 493 g/mol. The maximum atomic E-state index is 12.3. The third kappa shape index (κ3) is 30.3. The van der Waals surface area contributed by atoms with Crippen LogP contribution in [-0.2, 0) is 13.3 Å². The van der Waals surface area contributed by atoms with E-state index in [1.54, 1.807) is 0 Å². The van der Waals surface area contributed by atoms with Crippen molar-refractivity contribution in [1.29, 1.82) is 0 Å². The standard InChI is InChI=1S/C17H36.C13H27F3O3Si/c1-3-5-7-9-11-13-15-17-16-14-12-10-8-6-4-2;1-4-5-6-7-8-9-10-11-12-20(17-2,18-3)19-13(14,15)16/h3-17H2,1-2H3;4-12H2,1-3H3. The average Bonchev–Trinajstić information content (AvgIpc) is 2.87. The van der Waals surface area contributed by atoms with Crippen molar-refractivity contribution < 1.29 is 26.4 Å². The summed E-state index contributed by atoms with van der Waals surface area (Å²) in [6.45, 7) is 6.75. The summed E-state index contributed by atoms with van der Waals surface area (Å²) in [7, 11) is -1.16. The first-order valence-electron chi connectivity index (χ1n) is 15.7. The SMILES string of the molecule is CCCCCCCCCCCCCCCCC.CCCCCCCCCC[Si](OC)(OC)OC(F)(F)F. The fourth-order valence-corrected chi connectivity index (χ4v) is 6.40. The molecule has 0 aromatic rings. The van der Waals surface area contributed by atoms with E-state index in [2.05, 4.69) is 25.2 Å². The summed E-state index contributed by atoms with van der Waals surface area (Å²) in [6.07, 6.45) is 25.8. The van der Waals surface area contributed by atoms with Crippen molar-refractivity contribution in [2.24, 2.45) is 0 Å². The Bertz CT molecular complexity index is 419. The van der Waals surface area contributed by atoms with E-state index < -0.39 is 15.2 Å². The van der Waals surface area contributed by atoms with E-state index in [0.29, 0.717) is 6.42 Å². The molecule has 0 aromatic carbocycles. The molecule has 0 saturated heterocycles. The molecule has 0 unspecified atom stereocenters. The number of alkyl halides is 3. The molecule has 0 N–H and O–H groups in total. The van der Waals surface area contributed by atoms with Gasteiger partial charge in [0.25, 0.3) is 0 Å². The first kappa shape index (κ1) is 39.0. The average molecular weight is 557 g/mol. The summed E-state index contributed by atoms with van der Waals surface area (Å²) in [5.74, 6) is 0. The zero-order valence-corrected chi connectivity index (χ0v) is 26.3. The van der Waals surface area contributed by atoms with Gasteiger partial charge >= 0.3 is 15.2 Å². The molecule has 7 heteroatoms. The highest BCUT2D eigenvalue weighted by molar-refractivity contribution is 6.60. The molecule has 226 valence electrons. The van der Waals surface area contributed by atoms with Crippen LogP contribution < -0.4 is 0 Å². The third-order valence-electron chi connectivity index (χ3n) is 6.94. The maximum absolute atomic E-state index is 12.3. The van der Waals surface area contributed by atoms with Gasteiger partial charge in [-0.25, -0.2) is 0 Å². The number of halogens is 3. The Morgan fingerprint density at radius 1 is 0.432 bits per heavy atom. The molecule has 0 amide bonds. The van der Waals surface area contributed by atoms with Crippen LogP contribution in [0.2, 0.25) is 6.04 Å². The van der Waals surface area contributed by atoms with Crippen molar-refractivity contribution in [3.05, 3.63) is 0 Å². The van der Waals surface area contributed by atoms with Gasteiger partial charge in [0.15, 0.2) is 0 Å². The number of unbranched alkanes of at least 4 members (excludes halogenated alkanes) is 21. The lowest BCUT2D eigenvalue weighted by Crippen LogP contribution is -2.47. The van der Waals surface area contributed by atoms with E-state index in [4.69, 9.17) is 8.85 Å². The van der Waals surface area contributed by atoms with Crippen molar-refractivity contribution in [3.8, 4) is 0 Å². The lowest BCUT2D eigenvalue weighted by atomic mass is 10.0. The fraction of sp³-hybridized carbons (Fsp3) is 1.00. The van der Waals surface area contributed by atoms with Gasteiger partial charge in [-0.2, -0.15) is 0 Å². The van der Waals surface area contributed by atoms with Crippen LogP contribution in [0.4, 0.5) is 13.2 Å². The van der Waals surface area contributed by atoms with E-state index in [-0.39, 0.29) is 6.04 Å². The fourth-order valence-electron chi connectivity index (χ4n) is 4.52. The second-order valence-electron chi connectivity index (χ2n) is 10.5. The minimum Gasteiger partial charge on any atom is -0.377 e. The van der Waals surface area contributed by atoms with E-state index in [0.717, 1.165) is 19.3 Å². The van der Waals surface area contributed by atoms with Crippen molar-refractivity contribution in [2.45, 2.75) is 181 Å². The van der Waals surface area contributed by atoms with Crippen LogP contribution in [0.1, 0.15) is 168 Å². The quantitative estimate of drug-likeness (QED) is 0.0783. The van der Waals surface area contributed by atoms with Gasteiger partial charge in [-0.3, -0.25) is 4.43 Å². The maximum Gasteiger partial charge on any atom is 0.516 e. The molecule has 0 aliphatic heterocycles. The van der Waals surface area contributed by atoms with Crippen LogP contribution >= 0.6 is 0 Å². The van der Waals surface area contributed by atoms with E-state index in [1.807, 2.05) is 0 Å². The van der Waals surface area contributed by atoms with Crippen molar-refractivity contribution in [1.82, 2.24) is 0 Å². The second-order valence-corrected chi connectivity index (χ2v) is 13.3. The van der Waals surface area contributed by atoms with Crippen molar-refractivity contribution in [3.63, 3.8) is 0 Å². The van der Waals surface area contributed by atoms with Gasteiger partial charge in [0.1, 0.15) is 0 Å². The molecule has 0 bridgehead atoms. The minimum absolute atomic E-state index is 0.203. The summed E-state index contributed by atoms with van der Waals surface area (Å²) >= 11 is 0. The van der Waals surface area contributed by atoms with Gasteiger partial charge in [0, 0.05) is 20.3 Å². The first-order chi connectivity index (χ1) is 17.8. The number of rotatable bonds is 26. The molecule has 3 nitrogen and oxygen atoms in total. The van der Waals surface area contributed by atoms with Gasteiger partial charge in [0.05, 0.1) is 0 Å². The van der Waals surface area contributed by atoms with Crippen LogP contribution in [-0.4, -0.2) is 29.4 Å². The highest BCUT2D eigenvalue weighted by Gasteiger charge is 2.49. The van der Waals surface area contributed by atoms with E-state index >= 15 is 0 Å². The Balaban J connectivity index is 0. The molecule has 0 spiro atoms. The van der Waals surface area contributed by atoms with Gasteiger partial charge in [-0.1, -0.05) is 162 Å². The Labute approximate surface area is 230 Å². The predicted octanol–water partition coefficient (Wildman–Crippen LogP) is 11.8. The zero-order chi connectivity index (χ0) is 28.1. The summed E-state index contributed by atoms with van der Waals surface area (Å²) in [5, 5.41) is 0. The number of hydrogen-bond acceptors (Lipinski definition) is 3. The normalized spacial score (nSPS) is 12.0. The van der Waals surface area contributed by atoms with Crippen LogP contribution in [0.3, 0.4) is 0 Å². The molecule has 0 aliphatic carbocycles. The summed E-state index contributed by atoms with van der Waals surface area (Å²) in [5.41, 5.74) is 0. The van der Waals surface area contributed by atoms with Gasteiger partial charge in [0.2, 0.25) is 0 Å². The molecule has 0 rings (SSSR count). The van der Waals surface area contributed by atoms with Crippen LogP contribution in [0.15, 0.2) is 0 Å². The molecular formula is C30H63F3O3Si. The lowest BCUT2D eigenvalue weighted by Gasteiger charge is -2.27. The minimum atomic E-state index is -4.71. The molecule has 0 atom stereocenters. The highest BCUT2D eigenvalue weighted by Crippen LogP contribution is 2.28. The Hall–Kier alpha value is -0.113. The Kier molecular flexibility index (Phi) is 30.5. The molecule has 0 heterocycles. The monoisotopic (exact) mass is 556 g/mol.